The summed E-state index contributed by atoms with van der Waals surface area (Å²) >= 11 is 1.35. The average molecular weight is 520 g/mol. The van der Waals surface area contributed by atoms with Gasteiger partial charge >= 0.3 is 0 Å². The number of hydrogen-bond donors (Lipinski definition) is 4. The monoisotopic (exact) mass is 519 g/mol. The highest BCUT2D eigenvalue weighted by Crippen LogP contribution is 2.44. The zero-order chi connectivity index (χ0) is 26.5. The molecule has 1 amide bonds. The summed E-state index contributed by atoms with van der Waals surface area (Å²) in [6.45, 7) is 3.73. The van der Waals surface area contributed by atoms with Crippen LogP contribution in [0.1, 0.15) is 48.3 Å². The standard InChI is InChI=1S/C28H30FN5O2S/c1-28(2,36)14-33-23-7-5-16(10-21(23)31)26-19(15-3-4-17(13-30)20(29)9-15)12-25(37-26)27(35)34-18-6-8-24(34)22(32)11-18/h3-5,7,9-10,12,18,22,24,33,36H,6,8,11,14,31-32H2,1-2H3. The Morgan fingerprint density at radius 3 is 2.59 bits per heavy atom. The third kappa shape index (κ3) is 4.80. The summed E-state index contributed by atoms with van der Waals surface area (Å²) in [6.07, 6.45) is 2.70. The van der Waals surface area contributed by atoms with Crippen LogP contribution in [0.2, 0.25) is 0 Å². The first-order valence-corrected chi connectivity index (χ1v) is 13.2. The van der Waals surface area contributed by atoms with E-state index < -0.39 is 11.4 Å². The van der Waals surface area contributed by atoms with Crippen LogP contribution in [0, 0.1) is 17.1 Å². The molecule has 2 aliphatic heterocycles. The van der Waals surface area contributed by atoms with Crippen molar-refractivity contribution >= 4 is 28.6 Å². The van der Waals surface area contributed by atoms with E-state index in [2.05, 4.69) is 5.32 Å². The number of thiophene rings is 1. The molecule has 0 saturated carbocycles. The number of halogens is 1. The molecule has 37 heavy (non-hydrogen) atoms. The van der Waals surface area contributed by atoms with Gasteiger partial charge in [0.15, 0.2) is 0 Å². The maximum Gasteiger partial charge on any atom is 0.264 e. The number of amides is 1. The quantitative estimate of drug-likeness (QED) is 0.354. The molecule has 192 valence electrons. The van der Waals surface area contributed by atoms with E-state index >= 15 is 0 Å². The molecule has 3 unspecified atom stereocenters. The predicted molar refractivity (Wildman–Crippen MR) is 145 cm³/mol. The number of carbonyl (C=O) groups is 1. The zero-order valence-electron chi connectivity index (χ0n) is 20.8. The molecule has 3 atom stereocenters. The molecule has 2 fully saturated rings. The maximum atomic E-state index is 14.6. The topological polar surface area (TPSA) is 128 Å². The lowest BCUT2D eigenvalue weighted by Gasteiger charge is -2.22. The Balaban J connectivity index is 1.55. The van der Waals surface area contributed by atoms with Crippen molar-refractivity contribution in [1.29, 1.82) is 5.26 Å². The fraction of sp³-hybridized carbons (Fsp3) is 0.357. The molecule has 9 heteroatoms. The molecule has 0 radical (unpaired) electrons. The van der Waals surface area contributed by atoms with Gasteiger partial charge in [-0.05, 0) is 74.6 Å². The Morgan fingerprint density at radius 2 is 2.00 bits per heavy atom. The van der Waals surface area contributed by atoms with E-state index in [4.69, 9.17) is 16.7 Å². The molecule has 2 aromatic carbocycles. The fourth-order valence-electron chi connectivity index (χ4n) is 5.35. The van der Waals surface area contributed by atoms with Crippen molar-refractivity contribution in [2.75, 3.05) is 17.6 Å². The Morgan fingerprint density at radius 1 is 1.24 bits per heavy atom. The zero-order valence-corrected chi connectivity index (χ0v) is 21.6. The number of nitrogens with one attached hydrogen (secondary N) is 1. The molecule has 2 saturated heterocycles. The SMILES string of the molecule is CC(C)(O)CNc1ccc(-c2sc(C(=O)N3C4CCC3C(N)C4)cc2-c2ccc(C#N)c(F)c2)cc1N. The number of hydrogen-bond acceptors (Lipinski definition) is 7. The summed E-state index contributed by atoms with van der Waals surface area (Å²) in [6, 6.07) is 13.9. The second-order valence-electron chi connectivity index (χ2n) is 10.5. The Kier molecular flexibility index (Phi) is 6.44. The Hall–Kier alpha value is -3.45. The van der Waals surface area contributed by atoms with Crippen molar-refractivity contribution in [2.45, 2.75) is 56.8 Å². The Labute approximate surface area is 219 Å². The van der Waals surface area contributed by atoms with Gasteiger partial charge in [-0.3, -0.25) is 4.79 Å². The first kappa shape index (κ1) is 25.2. The molecule has 6 N–H and O–H groups in total. The molecule has 5 rings (SSSR count). The number of rotatable bonds is 6. The smallest absolute Gasteiger partial charge is 0.264 e. The van der Waals surface area contributed by atoms with Gasteiger partial charge < -0.3 is 26.8 Å². The Bertz CT molecular complexity index is 1410. The summed E-state index contributed by atoms with van der Waals surface area (Å²) in [7, 11) is 0. The van der Waals surface area contributed by atoms with Gasteiger partial charge in [-0.2, -0.15) is 5.26 Å². The van der Waals surface area contributed by atoms with Gasteiger partial charge in [0.25, 0.3) is 5.91 Å². The van der Waals surface area contributed by atoms with Gasteiger partial charge in [0, 0.05) is 35.1 Å². The van der Waals surface area contributed by atoms with E-state index in [1.807, 2.05) is 35.2 Å². The van der Waals surface area contributed by atoms with Crippen LogP contribution in [-0.4, -0.2) is 46.2 Å². The summed E-state index contributed by atoms with van der Waals surface area (Å²) in [5, 5.41) is 22.3. The minimum Gasteiger partial charge on any atom is -0.397 e. The van der Waals surface area contributed by atoms with Crippen LogP contribution in [0.5, 0.6) is 0 Å². The third-order valence-electron chi connectivity index (χ3n) is 7.19. The van der Waals surface area contributed by atoms with Crippen LogP contribution < -0.4 is 16.8 Å². The number of nitrogen functional groups attached to an aromatic ring is 1. The third-order valence-corrected chi connectivity index (χ3v) is 8.36. The molecule has 2 bridgehead atoms. The van der Waals surface area contributed by atoms with E-state index in [1.54, 1.807) is 19.9 Å². The van der Waals surface area contributed by atoms with Crippen LogP contribution in [-0.2, 0) is 0 Å². The molecule has 2 aliphatic rings. The summed E-state index contributed by atoms with van der Waals surface area (Å²) in [5.74, 6) is -0.664. The number of benzene rings is 2. The minimum atomic E-state index is -0.904. The van der Waals surface area contributed by atoms with Crippen molar-refractivity contribution < 1.29 is 14.3 Å². The number of nitrogens with zero attached hydrogens (tertiary/aromatic N) is 2. The number of fused-ring (bicyclic) bond motifs is 2. The number of nitrogens with two attached hydrogens (primary N) is 2. The summed E-state index contributed by atoms with van der Waals surface area (Å²) in [4.78, 5) is 16.9. The maximum absolute atomic E-state index is 14.6. The van der Waals surface area contributed by atoms with Gasteiger partial charge in [-0.25, -0.2) is 4.39 Å². The lowest BCUT2D eigenvalue weighted by Crippen LogP contribution is -2.40. The van der Waals surface area contributed by atoms with Crippen LogP contribution in [0.25, 0.3) is 21.6 Å². The van der Waals surface area contributed by atoms with E-state index in [9.17, 15) is 14.3 Å². The molecular weight excluding hydrogens is 489 g/mol. The van der Waals surface area contributed by atoms with Crippen molar-refractivity contribution in [3.8, 4) is 27.6 Å². The van der Waals surface area contributed by atoms with Gasteiger partial charge in [-0.15, -0.1) is 11.3 Å². The van der Waals surface area contributed by atoms with Crippen molar-refractivity contribution in [2.24, 2.45) is 5.73 Å². The first-order valence-electron chi connectivity index (χ1n) is 12.3. The highest BCUT2D eigenvalue weighted by molar-refractivity contribution is 7.18. The number of nitriles is 1. The predicted octanol–water partition coefficient (Wildman–Crippen LogP) is 4.56. The van der Waals surface area contributed by atoms with Gasteiger partial charge in [0.2, 0.25) is 0 Å². The largest absolute Gasteiger partial charge is 0.397 e. The fourth-order valence-corrected chi connectivity index (χ4v) is 6.47. The van der Waals surface area contributed by atoms with Crippen LogP contribution in [0.3, 0.4) is 0 Å². The number of aliphatic hydroxyl groups is 1. The van der Waals surface area contributed by atoms with Crippen molar-refractivity contribution in [3.05, 3.63) is 58.7 Å². The second-order valence-corrected chi connectivity index (χ2v) is 11.6. The molecular formula is C28H30FN5O2S. The van der Waals surface area contributed by atoms with E-state index in [0.29, 0.717) is 33.9 Å². The highest BCUT2D eigenvalue weighted by Gasteiger charge is 2.47. The number of anilines is 2. The molecule has 3 heterocycles. The van der Waals surface area contributed by atoms with E-state index in [0.717, 1.165) is 29.7 Å². The molecule has 0 aliphatic carbocycles. The number of carbonyl (C=O) groups excluding carboxylic acids is 1. The second kappa shape index (κ2) is 9.45. The molecule has 3 aromatic rings. The minimum absolute atomic E-state index is 0.00188. The van der Waals surface area contributed by atoms with Crippen LogP contribution >= 0.6 is 11.3 Å². The van der Waals surface area contributed by atoms with E-state index in [-0.39, 0.29) is 29.6 Å². The highest BCUT2D eigenvalue weighted by atomic mass is 32.1. The summed E-state index contributed by atoms with van der Waals surface area (Å²) in [5.41, 5.74) is 14.9. The van der Waals surface area contributed by atoms with Crippen molar-refractivity contribution in [3.63, 3.8) is 0 Å². The molecule has 0 spiro atoms. The van der Waals surface area contributed by atoms with Crippen molar-refractivity contribution in [1.82, 2.24) is 4.90 Å². The summed E-state index contributed by atoms with van der Waals surface area (Å²) < 4.78 is 14.6. The molecule has 1 aromatic heterocycles. The van der Waals surface area contributed by atoms with Crippen LogP contribution in [0.15, 0.2) is 42.5 Å². The van der Waals surface area contributed by atoms with E-state index in [1.165, 1.54) is 23.5 Å². The van der Waals surface area contributed by atoms with Gasteiger partial charge in [-0.1, -0.05) is 12.1 Å². The van der Waals surface area contributed by atoms with Crippen LogP contribution in [0.4, 0.5) is 15.8 Å². The average Bonchev–Trinajstić information content (AvgIpc) is 3.55. The normalized spacial score (nSPS) is 20.8. The molecule has 7 nitrogen and oxygen atoms in total. The van der Waals surface area contributed by atoms with Gasteiger partial charge in [0.05, 0.1) is 27.4 Å². The lowest BCUT2D eigenvalue weighted by atomic mass is 9.97. The first-order chi connectivity index (χ1) is 17.6. The van der Waals surface area contributed by atoms with Gasteiger partial charge in [0.1, 0.15) is 11.9 Å². The lowest BCUT2D eigenvalue weighted by molar-refractivity contribution is 0.0731.